The summed E-state index contributed by atoms with van der Waals surface area (Å²) in [6.45, 7) is 12.5. The molecule has 0 aliphatic carbocycles. The standard InChI is InChI=1S/C42H46ClN9O4S/c1-24-25(2)57-42-37(24)38(28-4-6-30(43)7-5-28)44-33(39-47-46-26(3)52(39)42)21-36(54)50-18-16-48(17-19-50)22-27-12-14-49(15-13-27)31-8-9-32-29(20-31)23-51(41(32)56)34-10-11-35(53)45-40(34)55/h4-9,20,27,33-34H,10-19,21-23H2,1-3H3,(H,45,53,55)/t33-,34?/m0/s1. The second-order valence-electron chi connectivity index (χ2n) is 16.0. The third-order valence-corrected chi connectivity index (χ3v) is 13.9. The van der Waals surface area contributed by atoms with Gasteiger partial charge in [0.1, 0.15) is 22.9 Å². The molecule has 7 heterocycles. The Kier molecular flexibility index (Phi) is 9.98. The Morgan fingerprint density at radius 3 is 2.42 bits per heavy atom. The Morgan fingerprint density at radius 1 is 0.930 bits per heavy atom. The van der Waals surface area contributed by atoms with Crippen LogP contribution in [0.2, 0.25) is 5.02 Å². The molecule has 2 aromatic carbocycles. The fraction of sp³-hybridized carbons (Fsp3) is 0.452. The second kappa shape index (κ2) is 15.1. The predicted molar refractivity (Wildman–Crippen MR) is 218 cm³/mol. The molecule has 1 unspecified atom stereocenters. The third kappa shape index (κ3) is 7.05. The number of imide groups is 1. The van der Waals surface area contributed by atoms with Gasteiger partial charge < -0.3 is 14.7 Å². The summed E-state index contributed by atoms with van der Waals surface area (Å²) in [5.74, 6) is 1.30. The van der Waals surface area contributed by atoms with Crippen molar-refractivity contribution in [3.05, 3.63) is 91.8 Å². The molecule has 15 heteroatoms. The number of fused-ring (bicyclic) bond motifs is 4. The Labute approximate surface area is 340 Å². The minimum atomic E-state index is -0.609. The molecule has 3 fully saturated rings. The van der Waals surface area contributed by atoms with Gasteiger partial charge in [-0.3, -0.25) is 39.0 Å². The minimum absolute atomic E-state index is 0.0776. The van der Waals surface area contributed by atoms with E-state index in [0.29, 0.717) is 48.4 Å². The molecule has 2 aromatic heterocycles. The average molecular weight is 808 g/mol. The smallest absolute Gasteiger partial charge is 0.255 e. The van der Waals surface area contributed by atoms with Gasteiger partial charge in [0.25, 0.3) is 5.91 Å². The van der Waals surface area contributed by atoms with E-state index in [2.05, 4.69) is 49.8 Å². The summed E-state index contributed by atoms with van der Waals surface area (Å²) in [6.07, 6.45) is 2.96. The zero-order valence-electron chi connectivity index (χ0n) is 32.5. The highest BCUT2D eigenvalue weighted by Crippen LogP contribution is 2.40. The topological polar surface area (TPSA) is 136 Å². The van der Waals surface area contributed by atoms with Crippen LogP contribution in [0.25, 0.3) is 5.00 Å². The Balaban J connectivity index is 0.805. The highest BCUT2D eigenvalue weighted by atomic mass is 35.5. The Bertz CT molecular complexity index is 2300. The molecule has 3 saturated heterocycles. The van der Waals surface area contributed by atoms with Crippen LogP contribution in [-0.4, -0.2) is 111 Å². The van der Waals surface area contributed by atoms with Crippen molar-refractivity contribution >= 4 is 58.0 Å². The van der Waals surface area contributed by atoms with Gasteiger partial charge in [-0.15, -0.1) is 21.5 Å². The summed E-state index contributed by atoms with van der Waals surface area (Å²) in [5.41, 5.74) is 6.70. The molecule has 0 radical (unpaired) electrons. The lowest BCUT2D eigenvalue weighted by Gasteiger charge is -2.39. The SMILES string of the molecule is Cc1sc2c(c1C)C(c1ccc(Cl)cc1)=N[C@@H](CC(=O)N1CCN(CC3CCN(c4ccc5c(c4)CN(C4CCC(=O)NC4=O)C5=O)CC3)CC1)c1nnc(C)n1-2. The molecule has 13 nitrogen and oxygen atoms in total. The lowest BCUT2D eigenvalue weighted by molar-refractivity contribution is -0.137. The van der Waals surface area contributed by atoms with Crippen molar-refractivity contribution in [3.8, 4) is 5.00 Å². The van der Waals surface area contributed by atoms with Gasteiger partial charge in [-0.1, -0.05) is 23.7 Å². The summed E-state index contributed by atoms with van der Waals surface area (Å²) in [6, 6.07) is 12.7. The molecule has 57 heavy (non-hydrogen) atoms. The minimum Gasteiger partial charge on any atom is -0.372 e. The average Bonchev–Trinajstić information content (AvgIpc) is 3.82. The number of amides is 4. The largest absolute Gasteiger partial charge is 0.372 e. The Hall–Kier alpha value is -4.92. The molecule has 4 aromatic rings. The van der Waals surface area contributed by atoms with E-state index in [1.807, 2.05) is 48.2 Å². The number of carbonyl (C=O) groups excluding carboxylic acids is 4. The van der Waals surface area contributed by atoms with Gasteiger partial charge in [0.2, 0.25) is 17.7 Å². The van der Waals surface area contributed by atoms with Crippen molar-refractivity contribution in [2.75, 3.05) is 50.7 Å². The molecule has 4 amide bonds. The number of thiophene rings is 1. The van der Waals surface area contributed by atoms with Gasteiger partial charge in [-0.2, -0.15) is 0 Å². The number of hydrogen-bond donors (Lipinski definition) is 1. The van der Waals surface area contributed by atoms with Crippen LogP contribution in [0.4, 0.5) is 5.69 Å². The first-order valence-electron chi connectivity index (χ1n) is 19.9. The molecule has 296 valence electrons. The molecule has 5 aliphatic rings. The van der Waals surface area contributed by atoms with Gasteiger partial charge in [-0.05, 0) is 87.4 Å². The van der Waals surface area contributed by atoms with E-state index in [4.69, 9.17) is 16.6 Å². The maximum atomic E-state index is 14.0. The number of piperidine rings is 2. The monoisotopic (exact) mass is 807 g/mol. The fourth-order valence-corrected chi connectivity index (χ4v) is 10.4. The van der Waals surface area contributed by atoms with Crippen LogP contribution in [0.5, 0.6) is 0 Å². The van der Waals surface area contributed by atoms with Crippen LogP contribution in [0, 0.1) is 26.7 Å². The van der Waals surface area contributed by atoms with Gasteiger partial charge >= 0.3 is 0 Å². The number of aromatic nitrogens is 3. The highest BCUT2D eigenvalue weighted by Gasteiger charge is 2.40. The van der Waals surface area contributed by atoms with Crippen molar-refractivity contribution < 1.29 is 19.2 Å². The first kappa shape index (κ1) is 37.6. The van der Waals surface area contributed by atoms with Crippen molar-refractivity contribution in [3.63, 3.8) is 0 Å². The van der Waals surface area contributed by atoms with E-state index in [9.17, 15) is 19.2 Å². The number of halogens is 1. The molecular weight excluding hydrogens is 762 g/mol. The van der Waals surface area contributed by atoms with Crippen molar-refractivity contribution in [2.45, 2.75) is 71.5 Å². The third-order valence-electron chi connectivity index (χ3n) is 12.5. The highest BCUT2D eigenvalue weighted by molar-refractivity contribution is 7.15. The molecule has 1 N–H and O–H groups in total. The molecule has 2 atom stereocenters. The van der Waals surface area contributed by atoms with E-state index in [1.54, 1.807) is 16.2 Å². The quantitative estimate of drug-likeness (QED) is 0.258. The van der Waals surface area contributed by atoms with Crippen LogP contribution in [0.3, 0.4) is 0 Å². The normalized spacial score (nSPS) is 21.6. The lowest BCUT2D eigenvalue weighted by atomic mass is 9.95. The number of nitrogens with one attached hydrogen (secondary N) is 1. The van der Waals surface area contributed by atoms with Gasteiger partial charge in [0.05, 0.1) is 12.1 Å². The van der Waals surface area contributed by atoms with Crippen LogP contribution >= 0.6 is 22.9 Å². The summed E-state index contributed by atoms with van der Waals surface area (Å²) < 4.78 is 2.09. The van der Waals surface area contributed by atoms with Crippen molar-refractivity contribution in [2.24, 2.45) is 10.9 Å². The molecule has 0 bridgehead atoms. The first-order valence-corrected chi connectivity index (χ1v) is 21.1. The summed E-state index contributed by atoms with van der Waals surface area (Å²) in [7, 11) is 0. The van der Waals surface area contributed by atoms with Gasteiger partial charge in [-0.25, -0.2) is 0 Å². The maximum Gasteiger partial charge on any atom is 0.255 e. The van der Waals surface area contributed by atoms with Crippen LogP contribution in [0.15, 0.2) is 47.5 Å². The number of rotatable bonds is 7. The number of aliphatic imine (C=N–C) groups is 1. The zero-order valence-corrected chi connectivity index (χ0v) is 34.0. The number of carbonyl (C=O) groups is 4. The number of anilines is 1. The molecule has 0 spiro atoms. The number of aryl methyl sites for hydroxylation is 2. The van der Waals surface area contributed by atoms with E-state index >= 15 is 0 Å². The number of benzene rings is 2. The van der Waals surface area contributed by atoms with Crippen LogP contribution < -0.4 is 10.2 Å². The van der Waals surface area contributed by atoms with Gasteiger partial charge in [0.15, 0.2) is 5.82 Å². The molecular formula is C42H46ClN9O4S. The summed E-state index contributed by atoms with van der Waals surface area (Å²) in [4.78, 5) is 66.3. The van der Waals surface area contributed by atoms with Crippen LogP contribution in [0.1, 0.15) is 87.3 Å². The van der Waals surface area contributed by atoms with Gasteiger partial charge in [0, 0.05) is 91.1 Å². The maximum absolute atomic E-state index is 14.0. The zero-order chi connectivity index (χ0) is 39.5. The summed E-state index contributed by atoms with van der Waals surface area (Å²) in [5, 5.41) is 13.1. The summed E-state index contributed by atoms with van der Waals surface area (Å²) >= 11 is 7.98. The number of hydrogen-bond acceptors (Lipinski definition) is 10. The number of nitrogens with zero attached hydrogens (tertiary/aromatic N) is 8. The molecule has 5 aliphatic heterocycles. The van der Waals surface area contributed by atoms with Crippen molar-refractivity contribution in [1.82, 2.24) is 34.8 Å². The number of piperazine rings is 1. The predicted octanol–water partition coefficient (Wildman–Crippen LogP) is 5.01. The molecule has 9 rings (SSSR count). The van der Waals surface area contributed by atoms with Crippen LogP contribution in [-0.2, 0) is 20.9 Å². The van der Waals surface area contributed by atoms with Crippen molar-refractivity contribution in [1.29, 1.82) is 0 Å². The second-order valence-corrected chi connectivity index (χ2v) is 17.6. The first-order chi connectivity index (χ1) is 27.5. The Morgan fingerprint density at radius 2 is 1.68 bits per heavy atom. The fourth-order valence-electron chi connectivity index (χ4n) is 9.10. The van der Waals surface area contributed by atoms with E-state index in [-0.39, 0.29) is 36.5 Å². The van der Waals surface area contributed by atoms with E-state index in [1.165, 1.54) is 4.88 Å². The van der Waals surface area contributed by atoms with E-state index in [0.717, 1.165) is 90.0 Å². The molecule has 0 saturated carbocycles. The van der Waals surface area contributed by atoms with E-state index < -0.39 is 12.1 Å². The lowest BCUT2D eigenvalue weighted by Crippen LogP contribution is -2.52.